The van der Waals surface area contributed by atoms with Gasteiger partial charge in [0.25, 0.3) is 5.56 Å². The molecule has 132 valence electrons. The van der Waals surface area contributed by atoms with E-state index in [0.717, 1.165) is 48.9 Å². The first-order valence-electron chi connectivity index (χ1n) is 8.72. The average molecular weight is 341 g/mol. The van der Waals surface area contributed by atoms with Crippen LogP contribution >= 0.6 is 0 Å². The highest BCUT2D eigenvalue weighted by molar-refractivity contribution is 5.76. The number of aromatic nitrogens is 2. The number of amides is 1. The van der Waals surface area contributed by atoms with Crippen molar-refractivity contribution in [3.05, 3.63) is 63.6 Å². The molecule has 3 rings (SSSR count). The lowest BCUT2D eigenvalue weighted by molar-refractivity contribution is -0.123. The number of aryl methyl sites for hydroxylation is 2. The molecular weight excluding hydrogens is 318 g/mol. The Balaban J connectivity index is 1.72. The molecule has 0 spiro atoms. The molecule has 2 aromatic rings. The second-order valence-corrected chi connectivity index (χ2v) is 6.39. The summed E-state index contributed by atoms with van der Waals surface area (Å²) in [6.45, 7) is -0.349. The summed E-state index contributed by atoms with van der Waals surface area (Å²) in [5.41, 5.74) is 2.50. The van der Waals surface area contributed by atoms with Crippen molar-refractivity contribution in [2.45, 2.75) is 44.7 Å². The van der Waals surface area contributed by atoms with Gasteiger partial charge in [-0.3, -0.25) is 9.59 Å². The third-order valence-electron chi connectivity index (χ3n) is 4.54. The van der Waals surface area contributed by atoms with Crippen LogP contribution in [0.15, 0.2) is 41.2 Å². The van der Waals surface area contributed by atoms with Crippen molar-refractivity contribution in [2.24, 2.45) is 0 Å². The first-order valence-corrected chi connectivity index (χ1v) is 8.72. The maximum Gasteiger partial charge on any atom is 0.267 e. The van der Waals surface area contributed by atoms with Gasteiger partial charge in [-0.1, -0.05) is 36.8 Å². The van der Waals surface area contributed by atoms with Gasteiger partial charge >= 0.3 is 0 Å². The van der Waals surface area contributed by atoms with Crippen LogP contribution in [-0.4, -0.2) is 27.4 Å². The number of aliphatic hydroxyl groups excluding tert-OH is 1. The van der Waals surface area contributed by atoms with Gasteiger partial charge in [-0.2, -0.15) is 5.10 Å². The van der Waals surface area contributed by atoms with Gasteiger partial charge < -0.3 is 10.4 Å². The molecule has 0 aliphatic heterocycles. The number of hydrogen-bond donors (Lipinski definition) is 2. The first-order chi connectivity index (χ1) is 12.2. The van der Waals surface area contributed by atoms with E-state index in [1.807, 2.05) is 30.3 Å². The fourth-order valence-electron chi connectivity index (χ4n) is 3.19. The molecule has 0 bridgehead atoms. The van der Waals surface area contributed by atoms with Crippen LogP contribution in [0.2, 0.25) is 0 Å². The predicted octanol–water partition coefficient (Wildman–Crippen LogP) is 1.36. The summed E-state index contributed by atoms with van der Waals surface area (Å²) in [5.74, 6) is -0.342. The summed E-state index contributed by atoms with van der Waals surface area (Å²) in [6, 6.07) is 10.4. The summed E-state index contributed by atoms with van der Waals surface area (Å²) in [6.07, 6.45) is 5.00. The van der Waals surface area contributed by atoms with E-state index in [1.165, 1.54) is 4.68 Å². The maximum atomic E-state index is 12.3. The van der Waals surface area contributed by atoms with E-state index >= 15 is 0 Å². The lowest BCUT2D eigenvalue weighted by Crippen LogP contribution is -2.37. The van der Waals surface area contributed by atoms with Gasteiger partial charge in [0.2, 0.25) is 5.91 Å². The van der Waals surface area contributed by atoms with Crippen molar-refractivity contribution >= 4 is 5.91 Å². The second kappa shape index (κ2) is 8.07. The van der Waals surface area contributed by atoms with Crippen LogP contribution in [0.5, 0.6) is 0 Å². The van der Waals surface area contributed by atoms with Crippen molar-refractivity contribution < 1.29 is 9.90 Å². The zero-order valence-corrected chi connectivity index (χ0v) is 14.1. The standard InChI is InChI=1S/C19H23N3O3/c23-13-17(14-7-3-1-4-8-14)20-18(24)12-22-19(25)11-15-9-5-2-6-10-16(15)21-22/h1,3-4,7-8,11,17,23H,2,5-6,9-10,12-13H2,(H,20,24)/t17-/m1/s1. The minimum absolute atomic E-state index is 0.143. The van der Waals surface area contributed by atoms with Gasteiger partial charge in [0.1, 0.15) is 6.54 Å². The molecule has 6 nitrogen and oxygen atoms in total. The first kappa shape index (κ1) is 17.4. The molecule has 6 heteroatoms. The predicted molar refractivity (Wildman–Crippen MR) is 94.2 cm³/mol. The van der Waals surface area contributed by atoms with Crippen molar-refractivity contribution in [1.82, 2.24) is 15.1 Å². The topological polar surface area (TPSA) is 84.2 Å². The van der Waals surface area contributed by atoms with Gasteiger partial charge in [0.15, 0.2) is 0 Å². The molecule has 1 aromatic carbocycles. The Labute approximate surface area is 146 Å². The number of nitrogens with zero attached hydrogens (tertiary/aromatic N) is 2. The third kappa shape index (κ3) is 4.33. The van der Waals surface area contributed by atoms with Crippen LogP contribution in [-0.2, 0) is 24.2 Å². The van der Waals surface area contributed by atoms with E-state index in [2.05, 4.69) is 10.4 Å². The van der Waals surface area contributed by atoms with Crippen LogP contribution in [0.4, 0.5) is 0 Å². The quantitative estimate of drug-likeness (QED) is 0.805. The highest BCUT2D eigenvalue weighted by Crippen LogP contribution is 2.17. The molecule has 1 heterocycles. The van der Waals surface area contributed by atoms with E-state index in [0.29, 0.717) is 0 Å². The number of fused-ring (bicyclic) bond motifs is 1. The molecule has 1 aliphatic rings. The van der Waals surface area contributed by atoms with Crippen molar-refractivity contribution in [3.63, 3.8) is 0 Å². The number of hydrogen-bond acceptors (Lipinski definition) is 4. The van der Waals surface area contributed by atoms with E-state index in [9.17, 15) is 14.7 Å². The third-order valence-corrected chi connectivity index (χ3v) is 4.54. The summed E-state index contributed by atoms with van der Waals surface area (Å²) in [7, 11) is 0. The molecule has 1 aliphatic carbocycles. The SMILES string of the molecule is O=C(Cn1nc2c(cc1=O)CCCCC2)N[C@H](CO)c1ccccc1. The van der Waals surface area contributed by atoms with E-state index in [-0.39, 0.29) is 24.6 Å². The number of benzene rings is 1. The number of nitrogens with one attached hydrogen (secondary N) is 1. The molecule has 0 saturated carbocycles. The Morgan fingerprint density at radius 3 is 2.72 bits per heavy atom. The molecule has 25 heavy (non-hydrogen) atoms. The minimum atomic E-state index is -0.495. The van der Waals surface area contributed by atoms with Crippen LogP contribution in [0.25, 0.3) is 0 Å². The fourth-order valence-corrected chi connectivity index (χ4v) is 3.19. The molecule has 2 N–H and O–H groups in total. The summed E-state index contributed by atoms with van der Waals surface area (Å²) in [5, 5.41) is 16.7. The second-order valence-electron chi connectivity index (χ2n) is 6.39. The lowest BCUT2D eigenvalue weighted by Gasteiger charge is -2.17. The molecule has 0 radical (unpaired) electrons. The van der Waals surface area contributed by atoms with Gasteiger partial charge in [-0.25, -0.2) is 4.68 Å². The molecule has 0 unspecified atom stereocenters. The van der Waals surface area contributed by atoms with Gasteiger partial charge in [0, 0.05) is 6.07 Å². The Morgan fingerprint density at radius 2 is 1.96 bits per heavy atom. The van der Waals surface area contributed by atoms with Crippen molar-refractivity contribution in [3.8, 4) is 0 Å². The fraction of sp³-hybridized carbons (Fsp3) is 0.421. The zero-order chi connectivity index (χ0) is 17.6. The number of aliphatic hydroxyl groups is 1. The summed E-state index contributed by atoms with van der Waals surface area (Å²) >= 11 is 0. The normalized spacial score (nSPS) is 15.1. The van der Waals surface area contributed by atoms with Crippen molar-refractivity contribution in [1.29, 1.82) is 0 Å². The molecular formula is C19H23N3O3. The minimum Gasteiger partial charge on any atom is -0.394 e. The van der Waals surface area contributed by atoms with E-state index < -0.39 is 6.04 Å². The Hall–Kier alpha value is -2.47. The number of carbonyl (C=O) groups excluding carboxylic acids is 1. The highest BCUT2D eigenvalue weighted by atomic mass is 16.3. The lowest BCUT2D eigenvalue weighted by atomic mass is 10.1. The Kier molecular flexibility index (Phi) is 5.60. The Bertz CT molecular complexity index is 786. The van der Waals surface area contributed by atoms with Crippen LogP contribution in [0.3, 0.4) is 0 Å². The zero-order valence-electron chi connectivity index (χ0n) is 14.1. The van der Waals surface area contributed by atoms with Crippen LogP contribution < -0.4 is 10.9 Å². The molecule has 0 fully saturated rings. The largest absolute Gasteiger partial charge is 0.394 e. The summed E-state index contributed by atoms with van der Waals surface area (Å²) < 4.78 is 1.22. The van der Waals surface area contributed by atoms with Crippen LogP contribution in [0, 0.1) is 0 Å². The summed E-state index contributed by atoms with van der Waals surface area (Å²) in [4.78, 5) is 24.6. The Morgan fingerprint density at radius 1 is 1.20 bits per heavy atom. The smallest absolute Gasteiger partial charge is 0.267 e. The van der Waals surface area contributed by atoms with Crippen molar-refractivity contribution in [2.75, 3.05) is 6.61 Å². The molecule has 1 amide bonds. The molecule has 1 atom stereocenters. The van der Waals surface area contributed by atoms with Crippen LogP contribution in [0.1, 0.15) is 42.1 Å². The molecule has 0 saturated heterocycles. The monoisotopic (exact) mass is 341 g/mol. The van der Waals surface area contributed by atoms with E-state index in [1.54, 1.807) is 6.07 Å². The van der Waals surface area contributed by atoms with Gasteiger partial charge in [-0.15, -0.1) is 0 Å². The van der Waals surface area contributed by atoms with Gasteiger partial charge in [0.05, 0.1) is 18.3 Å². The highest BCUT2D eigenvalue weighted by Gasteiger charge is 2.16. The van der Waals surface area contributed by atoms with Gasteiger partial charge in [-0.05, 0) is 36.8 Å². The molecule has 1 aromatic heterocycles. The number of rotatable bonds is 5. The van der Waals surface area contributed by atoms with E-state index in [4.69, 9.17) is 0 Å². The number of carbonyl (C=O) groups is 1. The maximum absolute atomic E-state index is 12.3. The average Bonchev–Trinajstić information content (AvgIpc) is 2.85.